The van der Waals surface area contributed by atoms with Crippen LogP contribution in [0.15, 0.2) is 24.4 Å². The highest BCUT2D eigenvalue weighted by Crippen LogP contribution is 2.22. The number of hydrogen-bond donors (Lipinski definition) is 2. The second kappa shape index (κ2) is 3.96. The molecule has 0 radical (unpaired) electrons. The van der Waals surface area contributed by atoms with Gasteiger partial charge in [-0.1, -0.05) is 6.92 Å². The van der Waals surface area contributed by atoms with Crippen molar-refractivity contribution in [3.8, 4) is 0 Å². The van der Waals surface area contributed by atoms with Gasteiger partial charge in [0, 0.05) is 17.1 Å². The summed E-state index contributed by atoms with van der Waals surface area (Å²) in [5.41, 5.74) is 1.67. The number of hydrogen-bond acceptors (Lipinski definition) is 1. The first-order valence-corrected chi connectivity index (χ1v) is 5.06. The lowest BCUT2D eigenvalue weighted by Crippen LogP contribution is -2.11. The van der Waals surface area contributed by atoms with E-state index in [2.05, 4.69) is 4.98 Å². The SMILES string of the molecule is CC(Cc1c[nH]c2ccc(F)cc12)C(=O)O. The minimum absolute atomic E-state index is 0.309. The van der Waals surface area contributed by atoms with Crippen molar-refractivity contribution in [2.24, 2.45) is 5.92 Å². The lowest BCUT2D eigenvalue weighted by atomic mass is 10.0. The number of aliphatic carboxylic acids is 1. The lowest BCUT2D eigenvalue weighted by molar-refractivity contribution is -0.141. The lowest BCUT2D eigenvalue weighted by Gasteiger charge is -2.04. The van der Waals surface area contributed by atoms with Crippen LogP contribution in [0.3, 0.4) is 0 Å². The van der Waals surface area contributed by atoms with Gasteiger partial charge >= 0.3 is 5.97 Å². The van der Waals surface area contributed by atoms with Crippen LogP contribution in [0.4, 0.5) is 4.39 Å². The summed E-state index contributed by atoms with van der Waals surface area (Å²) in [5.74, 6) is -1.62. The standard InChI is InChI=1S/C12H12FNO2/c1-7(12(15)16)4-8-6-14-11-3-2-9(13)5-10(8)11/h2-3,5-7,14H,4H2,1H3,(H,15,16). The van der Waals surface area contributed by atoms with Crippen molar-refractivity contribution in [1.29, 1.82) is 0 Å². The predicted octanol–water partition coefficient (Wildman–Crippen LogP) is 2.57. The van der Waals surface area contributed by atoms with E-state index in [-0.39, 0.29) is 5.82 Å². The molecule has 1 aromatic heterocycles. The third kappa shape index (κ3) is 1.91. The molecule has 0 fully saturated rings. The third-order valence-electron chi connectivity index (χ3n) is 2.68. The van der Waals surface area contributed by atoms with Crippen LogP contribution in [0.5, 0.6) is 0 Å². The molecule has 0 amide bonds. The first-order valence-electron chi connectivity index (χ1n) is 5.06. The van der Waals surface area contributed by atoms with E-state index in [0.29, 0.717) is 6.42 Å². The van der Waals surface area contributed by atoms with Gasteiger partial charge in [-0.2, -0.15) is 0 Å². The summed E-state index contributed by atoms with van der Waals surface area (Å²) in [6.07, 6.45) is 2.14. The van der Waals surface area contributed by atoms with Gasteiger partial charge in [0.15, 0.2) is 0 Å². The molecule has 0 aliphatic rings. The molecule has 2 rings (SSSR count). The maximum Gasteiger partial charge on any atom is 0.306 e. The number of fused-ring (bicyclic) bond motifs is 1. The Morgan fingerprint density at radius 1 is 1.56 bits per heavy atom. The number of rotatable bonds is 3. The van der Waals surface area contributed by atoms with Gasteiger partial charge < -0.3 is 10.1 Å². The van der Waals surface area contributed by atoms with E-state index in [4.69, 9.17) is 5.11 Å². The fourth-order valence-electron chi connectivity index (χ4n) is 1.74. The number of H-pyrrole nitrogens is 1. The van der Waals surface area contributed by atoms with Crippen LogP contribution >= 0.6 is 0 Å². The van der Waals surface area contributed by atoms with Crippen molar-refractivity contribution in [3.63, 3.8) is 0 Å². The number of carboxylic acids is 1. The molecular formula is C12H12FNO2. The van der Waals surface area contributed by atoms with Gasteiger partial charge in [-0.15, -0.1) is 0 Å². The number of carbonyl (C=O) groups is 1. The fraction of sp³-hybridized carbons (Fsp3) is 0.250. The molecule has 1 aromatic carbocycles. The minimum atomic E-state index is -0.842. The summed E-state index contributed by atoms with van der Waals surface area (Å²) in [6, 6.07) is 4.46. The smallest absolute Gasteiger partial charge is 0.306 e. The highest BCUT2D eigenvalue weighted by Gasteiger charge is 2.14. The molecule has 0 aliphatic heterocycles. The van der Waals surface area contributed by atoms with E-state index in [0.717, 1.165) is 16.5 Å². The third-order valence-corrected chi connectivity index (χ3v) is 2.68. The summed E-state index contributed by atoms with van der Waals surface area (Å²) in [7, 11) is 0. The number of benzene rings is 1. The minimum Gasteiger partial charge on any atom is -0.481 e. The van der Waals surface area contributed by atoms with Gasteiger partial charge in [0.05, 0.1) is 5.92 Å². The van der Waals surface area contributed by atoms with Crippen LogP contribution < -0.4 is 0 Å². The fourth-order valence-corrected chi connectivity index (χ4v) is 1.74. The predicted molar refractivity (Wildman–Crippen MR) is 58.8 cm³/mol. The summed E-state index contributed by atoms with van der Waals surface area (Å²) < 4.78 is 13.1. The molecule has 16 heavy (non-hydrogen) atoms. The van der Waals surface area contributed by atoms with Crippen LogP contribution in [-0.2, 0) is 11.2 Å². The molecule has 1 atom stereocenters. The highest BCUT2D eigenvalue weighted by atomic mass is 19.1. The van der Waals surface area contributed by atoms with E-state index < -0.39 is 11.9 Å². The Labute approximate surface area is 91.9 Å². The molecular weight excluding hydrogens is 209 g/mol. The Morgan fingerprint density at radius 3 is 3.00 bits per heavy atom. The molecule has 0 saturated heterocycles. The normalized spacial score (nSPS) is 12.9. The van der Waals surface area contributed by atoms with Gasteiger partial charge in [0.25, 0.3) is 0 Å². The quantitative estimate of drug-likeness (QED) is 0.836. The highest BCUT2D eigenvalue weighted by molar-refractivity contribution is 5.84. The second-order valence-corrected chi connectivity index (χ2v) is 3.95. The van der Waals surface area contributed by atoms with Gasteiger partial charge in [-0.25, -0.2) is 4.39 Å². The zero-order chi connectivity index (χ0) is 11.7. The molecule has 0 saturated carbocycles. The molecule has 0 bridgehead atoms. The number of aromatic amines is 1. The van der Waals surface area contributed by atoms with E-state index in [1.807, 2.05) is 0 Å². The zero-order valence-corrected chi connectivity index (χ0v) is 8.83. The average Bonchev–Trinajstić information content (AvgIpc) is 2.61. The van der Waals surface area contributed by atoms with E-state index in [9.17, 15) is 9.18 Å². The van der Waals surface area contributed by atoms with Crippen LogP contribution in [0, 0.1) is 11.7 Å². The van der Waals surface area contributed by atoms with E-state index >= 15 is 0 Å². The molecule has 84 valence electrons. The molecule has 2 N–H and O–H groups in total. The molecule has 2 aromatic rings. The number of nitrogens with one attached hydrogen (secondary N) is 1. The molecule has 1 heterocycles. The van der Waals surface area contributed by atoms with E-state index in [1.165, 1.54) is 12.1 Å². The number of carboxylic acid groups (broad SMARTS) is 1. The number of halogens is 1. The van der Waals surface area contributed by atoms with Crippen molar-refractivity contribution < 1.29 is 14.3 Å². The van der Waals surface area contributed by atoms with Gasteiger partial charge in [-0.3, -0.25) is 4.79 Å². The van der Waals surface area contributed by atoms with Gasteiger partial charge in [0.1, 0.15) is 5.82 Å². The maximum absolute atomic E-state index is 13.1. The topological polar surface area (TPSA) is 53.1 Å². The largest absolute Gasteiger partial charge is 0.481 e. The number of aromatic nitrogens is 1. The molecule has 1 unspecified atom stereocenters. The van der Waals surface area contributed by atoms with Crippen molar-refractivity contribution in [2.75, 3.05) is 0 Å². The summed E-state index contributed by atoms with van der Waals surface area (Å²) in [6.45, 7) is 1.64. The average molecular weight is 221 g/mol. The van der Waals surface area contributed by atoms with Crippen LogP contribution in [-0.4, -0.2) is 16.1 Å². The Kier molecular flexibility index (Phi) is 2.64. The van der Waals surface area contributed by atoms with Crippen molar-refractivity contribution in [1.82, 2.24) is 4.98 Å². The van der Waals surface area contributed by atoms with Crippen molar-refractivity contribution in [2.45, 2.75) is 13.3 Å². The Balaban J connectivity index is 2.37. The van der Waals surface area contributed by atoms with Crippen molar-refractivity contribution >= 4 is 16.9 Å². The van der Waals surface area contributed by atoms with Gasteiger partial charge in [-0.05, 0) is 30.2 Å². The van der Waals surface area contributed by atoms with Crippen LogP contribution in [0.25, 0.3) is 10.9 Å². The molecule has 0 aliphatic carbocycles. The first kappa shape index (κ1) is 10.7. The maximum atomic E-state index is 13.1. The molecule has 0 spiro atoms. The Bertz CT molecular complexity index is 533. The zero-order valence-electron chi connectivity index (χ0n) is 8.83. The second-order valence-electron chi connectivity index (χ2n) is 3.95. The summed E-state index contributed by atoms with van der Waals surface area (Å²) in [5, 5.41) is 9.58. The first-order chi connectivity index (χ1) is 7.58. The molecule has 3 nitrogen and oxygen atoms in total. The molecule has 4 heteroatoms. The summed E-state index contributed by atoms with van der Waals surface area (Å²) in [4.78, 5) is 13.7. The Hall–Kier alpha value is -1.84. The van der Waals surface area contributed by atoms with Gasteiger partial charge in [0.2, 0.25) is 0 Å². The summed E-state index contributed by atoms with van der Waals surface area (Å²) >= 11 is 0. The van der Waals surface area contributed by atoms with Crippen LogP contribution in [0.1, 0.15) is 12.5 Å². The van der Waals surface area contributed by atoms with E-state index in [1.54, 1.807) is 19.2 Å². The van der Waals surface area contributed by atoms with Crippen molar-refractivity contribution in [3.05, 3.63) is 35.8 Å². The van der Waals surface area contributed by atoms with Crippen LogP contribution in [0.2, 0.25) is 0 Å². The monoisotopic (exact) mass is 221 g/mol. The Morgan fingerprint density at radius 2 is 2.31 bits per heavy atom.